The van der Waals surface area contributed by atoms with Gasteiger partial charge in [0.15, 0.2) is 0 Å². The van der Waals surface area contributed by atoms with Crippen molar-refractivity contribution < 1.29 is 0 Å². The van der Waals surface area contributed by atoms with Crippen molar-refractivity contribution in [3.8, 4) is 0 Å². The lowest BCUT2D eigenvalue weighted by atomic mass is 9.77. The molecule has 0 spiro atoms. The van der Waals surface area contributed by atoms with E-state index >= 15 is 0 Å². The van der Waals surface area contributed by atoms with Gasteiger partial charge in [0.2, 0.25) is 0 Å². The zero-order valence-electron chi connectivity index (χ0n) is 9.13. The van der Waals surface area contributed by atoms with E-state index in [-0.39, 0.29) is 0 Å². The molecule has 0 saturated heterocycles. The predicted octanol–water partition coefficient (Wildman–Crippen LogP) is 3.38. The average Bonchev–Trinajstić information content (AvgIpc) is 2.18. The van der Waals surface area contributed by atoms with E-state index in [2.05, 4.69) is 19.1 Å². The van der Waals surface area contributed by atoms with Crippen LogP contribution in [0.5, 0.6) is 0 Å². The first-order valence-corrected chi connectivity index (χ1v) is 5.92. The largest absolute Gasteiger partial charge is 0.402 e. The molecule has 14 heavy (non-hydrogen) atoms. The SMILES string of the molecule is C[C@H]1CCCC(C2=C(N)CCC=C2)C1. The monoisotopic (exact) mass is 191 g/mol. The highest BCUT2D eigenvalue weighted by Gasteiger charge is 2.23. The Morgan fingerprint density at radius 3 is 2.93 bits per heavy atom. The summed E-state index contributed by atoms with van der Waals surface area (Å²) < 4.78 is 0. The molecule has 0 bridgehead atoms. The summed E-state index contributed by atoms with van der Waals surface area (Å²) >= 11 is 0. The fraction of sp³-hybridized carbons (Fsp3) is 0.692. The van der Waals surface area contributed by atoms with Crippen molar-refractivity contribution in [3.63, 3.8) is 0 Å². The molecule has 2 N–H and O–H groups in total. The Hall–Kier alpha value is -0.720. The van der Waals surface area contributed by atoms with Crippen molar-refractivity contribution in [1.29, 1.82) is 0 Å². The Balaban J connectivity index is 2.09. The third-order valence-corrected chi connectivity index (χ3v) is 3.62. The van der Waals surface area contributed by atoms with Gasteiger partial charge in [-0.1, -0.05) is 31.9 Å². The molecule has 78 valence electrons. The van der Waals surface area contributed by atoms with Crippen LogP contribution in [0.15, 0.2) is 23.4 Å². The van der Waals surface area contributed by atoms with Crippen molar-refractivity contribution >= 4 is 0 Å². The molecule has 0 aromatic carbocycles. The topological polar surface area (TPSA) is 26.0 Å². The number of hydrogen-bond donors (Lipinski definition) is 1. The molecule has 1 saturated carbocycles. The summed E-state index contributed by atoms with van der Waals surface area (Å²) in [6.07, 6.45) is 12.3. The summed E-state index contributed by atoms with van der Waals surface area (Å²) in [6, 6.07) is 0. The Kier molecular flexibility index (Phi) is 2.95. The van der Waals surface area contributed by atoms with Crippen LogP contribution >= 0.6 is 0 Å². The van der Waals surface area contributed by atoms with Gasteiger partial charge in [0, 0.05) is 5.70 Å². The van der Waals surface area contributed by atoms with E-state index in [9.17, 15) is 0 Å². The summed E-state index contributed by atoms with van der Waals surface area (Å²) in [6.45, 7) is 2.37. The Morgan fingerprint density at radius 1 is 1.36 bits per heavy atom. The number of nitrogens with two attached hydrogens (primary N) is 1. The molecule has 2 aliphatic rings. The lowest BCUT2D eigenvalue weighted by Gasteiger charge is -2.29. The maximum absolute atomic E-state index is 6.08. The minimum atomic E-state index is 0.760. The normalized spacial score (nSPS) is 33.5. The molecular weight excluding hydrogens is 170 g/mol. The number of allylic oxidation sites excluding steroid dienone is 4. The third kappa shape index (κ3) is 2.02. The molecule has 0 aromatic heterocycles. The molecule has 2 rings (SSSR count). The van der Waals surface area contributed by atoms with Crippen LogP contribution in [0.3, 0.4) is 0 Å². The van der Waals surface area contributed by atoms with E-state index in [0.717, 1.165) is 30.4 Å². The molecule has 1 heteroatoms. The Morgan fingerprint density at radius 2 is 2.21 bits per heavy atom. The maximum atomic E-state index is 6.08. The van der Waals surface area contributed by atoms with Crippen LogP contribution in [0, 0.1) is 11.8 Å². The van der Waals surface area contributed by atoms with Crippen molar-refractivity contribution in [2.75, 3.05) is 0 Å². The van der Waals surface area contributed by atoms with Gasteiger partial charge in [-0.15, -0.1) is 0 Å². The first-order chi connectivity index (χ1) is 6.77. The van der Waals surface area contributed by atoms with E-state index < -0.39 is 0 Å². The average molecular weight is 191 g/mol. The van der Waals surface area contributed by atoms with Crippen molar-refractivity contribution in [3.05, 3.63) is 23.4 Å². The molecule has 1 unspecified atom stereocenters. The molecule has 2 atom stereocenters. The second-order valence-corrected chi connectivity index (χ2v) is 4.89. The van der Waals surface area contributed by atoms with Crippen molar-refractivity contribution in [1.82, 2.24) is 0 Å². The molecular formula is C13H21N. The van der Waals surface area contributed by atoms with E-state index in [4.69, 9.17) is 5.73 Å². The minimum Gasteiger partial charge on any atom is -0.402 e. The van der Waals surface area contributed by atoms with Gasteiger partial charge in [0.25, 0.3) is 0 Å². The molecule has 2 aliphatic carbocycles. The van der Waals surface area contributed by atoms with Gasteiger partial charge in [0.05, 0.1) is 0 Å². The van der Waals surface area contributed by atoms with Gasteiger partial charge >= 0.3 is 0 Å². The lowest BCUT2D eigenvalue weighted by molar-refractivity contribution is 0.315. The smallest absolute Gasteiger partial charge is 0.0119 e. The summed E-state index contributed by atoms with van der Waals surface area (Å²) in [4.78, 5) is 0. The maximum Gasteiger partial charge on any atom is 0.0119 e. The highest BCUT2D eigenvalue weighted by molar-refractivity contribution is 5.30. The van der Waals surface area contributed by atoms with Crippen molar-refractivity contribution in [2.24, 2.45) is 17.6 Å². The van der Waals surface area contributed by atoms with Crippen LogP contribution < -0.4 is 5.73 Å². The quantitative estimate of drug-likeness (QED) is 0.675. The van der Waals surface area contributed by atoms with Gasteiger partial charge in [-0.2, -0.15) is 0 Å². The van der Waals surface area contributed by atoms with Crippen LogP contribution in [0.2, 0.25) is 0 Å². The van der Waals surface area contributed by atoms with Crippen LogP contribution in [-0.4, -0.2) is 0 Å². The van der Waals surface area contributed by atoms with E-state index in [1.807, 2.05) is 0 Å². The highest BCUT2D eigenvalue weighted by Crippen LogP contribution is 2.36. The van der Waals surface area contributed by atoms with Crippen LogP contribution in [-0.2, 0) is 0 Å². The highest BCUT2D eigenvalue weighted by atomic mass is 14.6. The third-order valence-electron chi connectivity index (χ3n) is 3.62. The number of hydrogen-bond acceptors (Lipinski definition) is 1. The van der Waals surface area contributed by atoms with Gasteiger partial charge in [0.1, 0.15) is 0 Å². The second kappa shape index (κ2) is 4.20. The predicted molar refractivity (Wildman–Crippen MR) is 60.7 cm³/mol. The van der Waals surface area contributed by atoms with Gasteiger partial charge in [-0.25, -0.2) is 0 Å². The summed E-state index contributed by atoms with van der Waals surface area (Å²) in [7, 11) is 0. The van der Waals surface area contributed by atoms with Crippen LogP contribution in [0.4, 0.5) is 0 Å². The fourth-order valence-corrected chi connectivity index (χ4v) is 2.82. The Labute approximate surface area is 87.1 Å². The lowest BCUT2D eigenvalue weighted by Crippen LogP contribution is -2.18. The first kappa shape index (κ1) is 9.82. The molecule has 0 aliphatic heterocycles. The van der Waals surface area contributed by atoms with E-state index in [1.165, 1.54) is 31.3 Å². The molecule has 1 fully saturated rings. The standard InChI is InChI=1S/C13H21N/c1-10-5-4-6-11(9-10)12-7-2-3-8-13(12)14/h2,7,10-11H,3-6,8-9,14H2,1H3/t10-,11?/m0/s1. The molecule has 0 amide bonds. The van der Waals surface area contributed by atoms with Crippen molar-refractivity contribution in [2.45, 2.75) is 45.4 Å². The van der Waals surface area contributed by atoms with Gasteiger partial charge < -0.3 is 5.73 Å². The van der Waals surface area contributed by atoms with Gasteiger partial charge in [-0.05, 0) is 43.1 Å². The van der Waals surface area contributed by atoms with E-state index in [1.54, 1.807) is 0 Å². The van der Waals surface area contributed by atoms with E-state index in [0.29, 0.717) is 0 Å². The molecule has 1 nitrogen and oxygen atoms in total. The Bertz CT molecular complexity index is 262. The zero-order valence-corrected chi connectivity index (χ0v) is 9.13. The molecule has 0 aromatic rings. The molecule has 0 heterocycles. The summed E-state index contributed by atoms with van der Waals surface area (Å²) in [5.74, 6) is 1.65. The first-order valence-electron chi connectivity index (χ1n) is 5.92. The second-order valence-electron chi connectivity index (χ2n) is 4.89. The van der Waals surface area contributed by atoms with Crippen LogP contribution in [0.25, 0.3) is 0 Å². The zero-order chi connectivity index (χ0) is 9.97. The fourth-order valence-electron chi connectivity index (χ4n) is 2.82. The van der Waals surface area contributed by atoms with Crippen LogP contribution in [0.1, 0.15) is 45.4 Å². The van der Waals surface area contributed by atoms with Gasteiger partial charge in [-0.3, -0.25) is 0 Å². The summed E-state index contributed by atoms with van der Waals surface area (Å²) in [5, 5.41) is 0. The summed E-state index contributed by atoms with van der Waals surface area (Å²) in [5.41, 5.74) is 8.70. The minimum absolute atomic E-state index is 0.760. The number of rotatable bonds is 1. The molecule has 0 radical (unpaired) electrons.